The van der Waals surface area contributed by atoms with E-state index in [9.17, 15) is 9.59 Å². The van der Waals surface area contributed by atoms with Crippen LogP contribution >= 0.6 is 0 Å². The van der Waals surface area contributed by atoms with Gasteiger partial charge in [0.2, 0.25) is 0 Å². The SMILES string of the molecule is COC(=O)C(CCCC(c1ccccc1)c1ccccc1)C(=O)OC. The van der Waals surface area contributed by atoms with Crippen molar-refractivity contribution in [3.05, 3.63) is 71.8 Å². The van der Waals surface area contributed by atoms with Gasteiger partial charge in [-0.1, -0.05) is 67.1 Å². The summed E-state index contributed by atoms with van der Waals surface area (Å²) in [5.41, 5.74) is 2.45. The predicted octanol–water partition coefficient (Wildman–Crippen LogP) is 3.95. The number of ether oxygens (including phenoxy) is 2. The van der Waals surface area contributed by atoms with Crippen LogP contribution in [0.3, 0.4) is 0 Å². The van der Waals surface area contributed by atoms with Crippen LogP contribution in [0.25, 0.3) is 0 Å². The lowest BCUT2D eigenvalue weighted by Gasteiger charge is -2.19. The van der Waals surface area contributed by atoms with E-state index in [4.69, 9.17) is 9.47 Å². The monoisotopic (exact) mass is 340 g/mol. The largest absolute Gasteiger partial charge is 0.468 e. The third kappa shape index (κ3) is 5.18. The predicted molar refractivity (Wildman–Crippen MR) is 96.1 cm³/mol. The fraction of sp³-hybridized carbons (Fsp3) is 0.333. The molecular weight excluding hydrogens is 316 g/mol. The molecule has 0 radical (unpaired) electrons. The van der Waals surface area contributed by atoms with Crippen molar-refractivity contribution in [1.82, 2.24) is 0 Å². The van der Waals surface area contributed by atoms with Crippen molar-refractivity contribution >= 4 is 11.9 Å². The van der Waals surface area contributed by atoms with Crippen LogP contribution in [0.2, 0.25) is 0 Å². The highest BCUT2D eigenvalue weighted by Gasteiger charge is 2.28. The van der Waals surface area contributed by atoms with Crippen LogP contribution in [0, 0.1) is 5.92 Å². The van der Waals surface area contributed by atoms with E-state index in [0.29, 0.717) is 12.8 Å². The summed E-state index contributed by atoms with van der Waals surface area (Å²) in [5, 5.41) is 0. The van der Waals surface area contributed by atoms with Gasteiger partial charge >= 0.3 is 11.9 Å². The first-order valence-corrected chi connectivity index (χ1v) is 8.43. The van der Waals surface area contributed by atoms with Crippen LogP contribution in [0.4, 0.5) is 0 Å². The first kappa shape index (κ1) is 18.7. The zero-order valence-electron chi connectivity index (χ0n) is 14.7. The highest BCUT2D eigenvalue weighted by Crippen LogP contribution is 2.30. The van der Waals surface area contributed by atoms with Crippen LogP contribution in [0.1, 0.15) is 36.3 Å². The first-order chi connectivity index (χ1) is 12.2. The summed E-state index contributed by atoms with van der Waals surface area (Å²) in [4.78, 5) is 23.6. The van der Waals surface area contributed by atoms with Gasteiger partial charge in [-0.25, -0.2) is 0 Å². The van der Waals surface area contributed by atoms with Crippen LogP contribution in [0.5, 0.6) is 0 Å². The molecule has 0 aliphatic heterocycles. The van der Waals surface area contributed by atoms with Crippen LogP contribution in [0.15, 0.2) is 60.7 Å². The zero-order chi connectivity index (χ0) is 18.1. The highest BCUT2D eigenvalue weighted by molar-refractivity contribution is 5.94. The molecule has 0 saturated carbocycles. The van der Waals surface area contributed by atoms with E-state index in [1.807, 2.05) is 36.4 Å². The Labute approximate surface area is 148 Å². The molecule has 0 aliphatic rings. The molecule has 0 aromatic heterocycles. The van der Waals surface area contributed by atoms with Crippen LogP contribution < -0.4 is 0 Å². The van der Waals surface area contributed by atoms with Gasteiger partial charge in [0.15, 0.2) is 5.92 Å². The minimum Gasteiger partial charge on any atom is -0.468 e. The van der Waals surface area contributed by atoms with E-state index < -0.39 is 17.9 Å². The number of hydrogen-bond donors (Lipinski definition) is 0. The Hall–Kier alpha value is -2.62. The average molecular weight is 340 g/mol. The number of esters is 2. The smallest absolute Gasteiger partial charge is 0.320 e. The average Bonchev–Trinajstić information content (AvgIpc) is 2.68. The fourth-order valence-electron chi connectivity index (χ4n) is 3.04. The van der Waals surface area contributed by atoms with E-state index in [-0.39, 0.29) is 5.92 Å². The number of benzene rings is 2. The highest BCUT2D eigenvalue weighted by atomic mass is 16.5. The van der Waals surface area contributed by atoms with Gasteiger partial charge in [0.1, 0.15) is 0 Å². The van der Waals surface area contributed by atoms with Crippen molar-refractivity contribution in [2.75, 3.05) is 14.2 Å². The standard InChI is InChI=1S/C21H24O4/c1-24-20(22)19(21(23)25-2)15-9-14-18(16-10-5-3-6-11-16)17-12-7-4-8-13-17/h3-8,10-13,18-19H,9,14-15H2,1-2H3. The van der Waals surface area contributed by atoms with Gasteiger partial charge in [0.05, 0.1) is 14.2 Å². The summed E-state index contributed by atoms with van der Waals surface area (Å²) in [7, 11) is 2.57. The Morgan fingerprint density at radius 2 is 1.20 bits per heavy atom. The summed E-state index contributed by atoms with van der Waals surface area (Å²) < 4.78 is 9.44. The van der Waals surface area contributed by atoms with Gasteiger partial charge in [-0.2, -0.15) is 0 Å². The first-order valence-electron chi connectivity index (χ1n) is 8.43. The lowest BCUT2D eigenvalue weighted by Crippen LogP contribution is -2.26. The molecule has 132 valence electrons. The Kier molecular flexibility index (Phi) is 7.20. The van der Waals surface area contributed by atoms with Gasteiger partial charge in [0.25, 0.3) is 0 Å². The minimum atomic E-state index is -0.859. The fourth-order valence-corrected chi connectivity index (χ4v) is 3.04. The maximum atomic E-state index is 11.8. The number of rotatable bonds is 8. The number of carbonyl (C=O) groups excluding carboxylic acids is 2. The van der Waals surface area contributed by atoms with Crippen molar-refractivity contribution in [2.24, 2.45) is 5.92 Å². The number of carbonyl (C=O) groups is 2. The van der Waals surface area contributed by atoms with Crippen LogP contribution in [-0.4, -0.2) is 26.2 Å². The Morgan fingerprint density at radius 1 is 0.760 bits per heavy atom. The molecule has 0 amide bonds. The van der Waals surface area contributed by atoms with Crippen molar-refractivity contribution in [2.45, 2.75) is 25.2 Å². The maximum absolute atomic E-state index is 11.8. The molecule has 2 aromatic rings. The summed E-state index contributed by atoms with van der Waals surface area (Å²) in [6.45, 7) is 0. The van der Waals surface area contributed by atoms with E-state index in [1.165, 1.54) is 25.3 Å². The molecule has 0 saturated heterocycles. The number of methoxy groups -OCH3 is 2. The molecule has 0 bridgehead atoms. The molecule has 0 fully saturated rings. The molecule has 0 atom stereocenters. The van der Waals surface area contributed by atoms with E-state index in [2.05, 4.69) is 24.3 Å². The molecule has 2 aromatic carbocycles. The third-order valence-corrected chi connectivity index (χ3v) is 4.36. The molecule has 0 N–H and O–H groups in total. The molecule has 0 spiro atoms. The minimum absolute atomic E-state index is 0.221. The molecule has 0 unspecified atom stereocenters. The van der Waals surface area contributed by atoms with Crippen molar-refractivity contribution in [1.29, 1.82) is 0 Å². The lowest BCUT2D eigenvalue weighted by atomic mass is 9.86. The van der Waals surface area contributed by atoms with Crippen LogP contribution in [-0.2, 0) is 19.1 Å². The summed E-state index contributed by atoms with van der Waals surface area (Å²) in [6.07, 6.45) is 1.96. The summed E-state index contributed by atoms with van der Waals surface area (Å²) in [6, 6.07) is 20.5. The zero-order valence-corrected chi connectivity index (χ0v) is 14.7. The summed E-state index contributed by atoms with van der Waals surface area (Å²) >= 11 is 0. The Balaban J connectivity index is 2.10. The van der Waals surface area contributed by atoms with Gasteiger partial charge in [0, 0.05) is 5.92 Å². The molecule has 0 heterocycles. The second kappa shape index (κ2) is 9.62. The Morgan fingerprint density at radius 3 is 1.60 bits per heavy atom. The molecule has 4 heteroatoms. The molecule has 0 aliphatic carbocycles. The van der Waals surface area contributed by atoms with E-state index >= 15 is 0 Å². The third-order valence-electron chi connectivity index (χ3n) is 4.36. The van der Waals surface area contributed by atoms with Crippen molar-refractivity contribution in [3.63, 3.8) is 0 Å². The molecular formula is C21H24O4. The topological polar surface area (TPSA) is 52.6 Å². The second-order valence-electron chi connectivity index (χ2n) is 5.90. The van der Waals surface area contributed by atoms with E-state index in [0.717, 1.165) is 6.42 Å². The Bertz CT molecular complexity index is 611. The second-order valence-corrected chi connectivity index (χ2v) is 5.90. The van der Waals surface area contributed by atoms with Crippen molar-refractivity contribution < 1.29 is 19.1 Å². The quantitative estimate of drug-likeness (QED) is 0.539. The maximum Gasteiger partial charge on any atom is 0.320 e. The normalized spacial score (nSPS) is 10.7. The van der Waals surface area contributed by atoms with Gasteiger partial charge < -0.3 is 9.47 Å². The van der Waals surface area contributed by atoms with Crippen molar-refractivity contribution in [3.8, 4) is 0 Å². The van der Waals surface area contributed by atoms with E-state index in [1.54, 1.807) is 0 Å². The molecule has 2 rings (SSSR count). The molecule has 25 heavy (non-hydrogen) atoms. The van der Waals surface area contributed by atoms with Gasteiger partial charge in [-0.15, -0.1) is 0 Å². The van der Waals surface area contributed by atoms with Gasteiger partial charge in [-0.05, 0) is 24.0 Å². The number of hydrogen-bond acceptors (Lipinski definition) is 4. The summed E-state index contributed by atoms with van der Waals surface area (Å²) in [5.74, 6) is -1.72. The van der Waals surface area contributed by atoms with Gasteiger partial charge in [-0.3, -0.25) is 9.59 Å². The lowest BCUT2D eigenvalue weighted by molar-refractivity contribution is -0.159. The molecule has 4 nitrogen and oxygen atoms in total.